The van der Waals surface area contributed by atoms with E-state index in [0.29, 0.717) is 39.1 Å². The van der Waals surface area contributed by atoms with Crippen molar-refractivity contribution in [3.8, 4) is 0 Å². The molecule has 0 aromatic carbocycles. The molecule has 0 aromatic heterocycles. The zero-order chi connectivity index (χ0) is 12.0. The zero-order valence-corrected chi connectivity index (χ0v) is 9.98. The Labute approximate surface area is 96.1 Å². The van der Waals surface area contributed by atoms with Crippen LogP contribution >= 0.6 is 0 Å². The maximum absolute atomic E-state index is 11.8. The Morgan fingerprint density at radius 2 is 2.44 bits per heavy atom. The van der Waals surface area contributed by atoms with Gasteiger partial charge in [-0.15, -0.1) is 0 Å². The maximum Gasteiger partial charge on any atom is 0.224 e. The van der Waals surface area contributed by atoms with Gasteiger partial charge in [0.1, 0.15) is 0 Å². The minimum Gasteiger partial charge on any atom is -0.411 e. The van der Waals surface area contributed by atoms with Crippen molar-refractivity contribution in [3.05, 3.63) is 0 Å². The molecule has 1 rings (SSSR count). The molecule has 1 amide bonds. The van der Waals surface area contributed by atoms with Gasteiger partial charge in [-0.25, -0.2) is 0 Å². The Kier molecular flexibility index (Phi) is 5.25. The number of likely N-dealkylation sites (tertiary alicyclic amines) is 1. The van der Waals surface area contributed by atoms with E-state index in [0.717, 1.165) is 5.71 Å². The number of ether oxygens (including phenoxy) is 1. The average Bonchev–Trinajstić information content (AvgIpc) is 2.29. The van der Waals surface area contributed by atoms with Gasteiger partial charge in [0.2, 0.25) is 5.91 Å². The van der Waals surface area contributed by atoms with Crippen LogP contribution in [-0.4, -0.2) is 48.0 Å². The third kappa shape index (κ3) is 3.48. The molecule has 5 nitrogen and oxygen atoms in total. The Bertz CT molecular complexity index is 266. The third-order valence-corrected chi connectivity index (χ3v) is 2.85. The predicted octanol–water partition coefficient (Wildman–Crippen LogP) is 1.11. The van der Waals surface area contributed by atoms with Gasteiger partial charge in [0, 0.05) is 32.0 Å². The van der Waals surface area contributed by atoms with E-state index in [1.54, 1.807) is 0 Å². The van der Waals surface area contributed by atoms with Gasteiger partial charge in [0.05, 0.1) is 18.7 Å². The molecular weight excluding hydrogens is 208 g/mol. The number of carbonyl (C=O) groups is 1. The lowest BCUT2D eigenvalue weighted by molar-refractivity contribution is -0.132. The molecule has 1 atom stereocenters. The smallest absolute Gasteiger partial charge is 0.224 e. The van der Waals surface area contributed by atoms with Crippen LogP contribution in [0.15, 0.2) is 5.16 Å². The number of piperidine rings is 1. The average molecular weight is 228 g/mol. The number of carbonyl (C=O) groups excluding carboxylic acids is 1. The van der Waals surface area contributed by atoms with Crippen LogP contribution in [0.3, 0.4) is 0 Å². The van der Waals surface area contributed by atoms with Crippen molar-refractivity contribution in [2.45, 2.75) is 26.7 Å². The van der Waals surface area contributed by atoms with Gasteiger partial charge in [0.15, 0.2) is 0 Å². The fourth-order valence-corrected chi connectivity index (χ4v) is 1.86. The molecule has 0 saturated carbocycles. The molecular formula is C11H20N2O3. The molecule has 1 saturated heterocycles. The van der Waals surface area contributed by atoms with Crippen molar-refractivity contribution in [2.24, 2.45) is 11.1 Å². The highest BCUT2D eigenvalue weighted by Gasteiger charge is 2.25. The van der Waals surface area contributed by atoms with Crippen molar-refractivity contribution in [1.29, 1.82) is 0 Å². The molecule has 5 heteroatoms. The summed E-state index contributed by atoms with van der Waals surface area (Å²) in [5.41, 5.74) is 0.786. The van der Waals surface area contributed by atoms with E-state index in [1.807, 2.05) is 18.7 Å². The SMILES string of the molecule is CCOCCC(=O)N1CCC(=NO)C(C)C1. The summed E-state index contributed by atoms with van der Waals surface area (Å²) in [5, 5.41) is 12.0. The van der Waals surface area contributed by atoms with Gasteiger partial charge in [-0.2, -0.15) is 0 Å². The van der Waals surface area contributed by atoms with Crippen LogP contribution in [0.5, 0.6) is 0 Å². The summed E-state index contributed by atoms with van der Waals surface area (Å²) in [5.74, 6) is 0.270. The monoisotopic (exact) mass is 228 g/mol. The van der Waals surface area contributed by atoms with Crippen LogP contribution in [0.1, 0.15) is 26.7 Å². The largest absolute Gasteiger partial charge is 0.411 e. The van der Waals surface area contributed by atoms with E-state index in [1.165, 1.54) is 0 Å². The third-order valence-electron chi connectivity index (χ3n) is 2.85. The Hall–Kier alpha value is -1.10. The fourth-order valence-electron chi connectivity index (χ4n) is 1.86. The highest BCUT2D eigenvalue weighted by atomic mass is 16.5. The second kappa shape index (κ2) is 6.48. The Morgan fingerprint density at radius 1 is 1.69 bits per heavy atom. The lowest BCUT2D eigenvalue weighted by Gasteiger charge is -2.31. The molecule has 0 spiro atoms. The summed E-state index contributed by atoms with van der Waals surface area (Å²) in [6.45, 7) is 6.31. The second-order valence-corrected chi connectivity index (χ2v) is 4.03. The Morgan fingerprint density at radius 3 is 3.00 bits per heavy atom. The summed E-state index contributed by atoms with van der Waals surface area (Å²) < 4.78 is 5.15. The fraction of sp³-hybridized carbons (Fsp3) is 0.818. The number of amides is 1. The van der Waals surface area contributed by atoms with Crippen LogP contribution in [0, 0.1) is 5.92 Å². The highest BCUT2D eigenvalue weighted by molar-refractivity contribution is 5.89. The molecule has 1 aliphatic heterocycles. The molecule has 1 heterocycles. The van der Waals surface area contributed by atoms with Gasteiger partial charge in [-0.3, -0.25) is 4.79 Å². The molecule has 16 heavy (non-hydrogen) atoms. The van der Waals surface area contributed by atoms with Crippen LogP contribution in [-0.2, 0) is 9.53 Å². The second-order valence-electron chi connectivity index (χ2n) is 4.03. The van der Waals surface area contributed by atoms with Gasteiger partial charge < -0.3 is 14.8 Å². The van der Waals surface area contributed by atoms with Crippen LogP contribution in [0.25, 0.3) is 0 Å². The highest BCUT2D eigenvalue weighted by Crippen LogP contribution is 2.14. The van der Waals surface area contributed by atoms with Crippen LogP contribution in [0.4, 0.5) is 0 Å². The predicted molar refractivity (Wildman–Crippen MR) is 60.7 cm³/mol. The van der Waals surface area contributed by atoms with Gasteiger partial charge >= 0.3 is 0 Å². The van der Waals surface area contributed by atoms with Gasteiger partial charge in [0.25, 0.3) is 0 Å². The van der Waals surface area contributed by atoms with E-state index >= 15 is 0 Å². The van der Waals surface area contributed by atoms with Crippen molar-refractivity contribution < 1.29 is 14.7 Å². The molecule has 92 valence electrons. The topological polar surface area (TPSA) is 62.1 Å². The molecule has 0 aliphatic carbocycles. The molecule has 1 unspecified atom stereocenters. The number of hydrogen-bond acceptors (Lipinski definition) is 4. The van der Waals surface area contributed by atoms with Crippen molar-refractivity contribution in [2.75, 3.05) is 26.3 Å². The van der Waals surface area contributed by atoms with E-state index < -0.39 is 0 Å². The first-order valence-corrected chi connectivity index (χ1v) is 5.75. The first kappa shape index (κ1) is 13.0. The summed E-state index contributed by atoms with van der Waals surface area (Å²) in [6.07, 6.45) is 1.10. The van der Waals surface area contributed by atoms with E-state index in [9.17, 15) is 4.79 Å². The van der Waals surface area contributed by atoms with E-state index in [4.69, 9.17) is 9.94 Å². The Balaban J connectivity index is 2.36. The number of hydrogen-bond donors (Lipinski definition) is 1. The number of oxime groups is 1. The standard InChI is InChI=1S/C11H20N2O3/c1-3-16-7-5-11(14)13-6-4-10(12-15)9(2)8-13/h9,15H,3-8H2,1-2H3. The van der Waals surface area contributed by atoms with E-state index in [2.05, 4.69) is 5.16 Å². The lowest BCUT2D eigenvalue weighted by Crippen LogP contribution is -2.43. The molecule has 1 N–H and O–H groups in total. The molecule has 0 bridgehead atoms. The quantitative estimate of drug-likeness (QED) is 0.445. The summed E-state index contributed by atoms with van der Waals surface area (Å²) >= 11 is 0. The maximum atomic E-state index is 11.8. The first-order valence-electron chi connectivity index (χ1n) is 5.75. The zero-order valence-electron chi connectivity index (χ0n) is 9.98. The minimum absolute atomic E-state index is 0.122. The number of rotatable bonds is 4. The lowest BCUT2D eigenvalue weighted by atomic mass is 9.97. The van der Waals surface area contributed by atoms with E-state index in [-0.39, 0.29) is 11.8 Å². The molecule has 0 radical (unpaired) electrons. The van der Waals surface area contributed by atoms with Crippen LogP contribution in [0.2, 0.25) is 0 Å². The minimum atomic E-state index is 0.122. The summed E-state index contributed by atoms with van der Waals surface area (Å²) in [4.78, 5) is 13.6. The van der Waals surface area contributed by atoms with Crippen molar-refractivity contribution in [3.63, 3.8) is 0 Å². The van der Waals surface area contributed by atoms with Gasteiger partial charge in [-0.05, 0) is 6.92 Å². The molecule has 0 aromatic rings. The molecule has 1 fully saturated rings. The van der Waals surface area contributed by atoms with Crippen molar-refractivity contribution in [1.82, 2.24) is 4.90 Å². The summed E-state index contributed by atoms with van der Waals surface area (Å²) in [7, 11) is 0. The first-order chi connectivity index (χ1) is 7.69. The molecule has 1 aliphatic rings. The number of nitrogens with zero attached hydrogens (tertiary/aromatic N) is 2. The van der Waals surface area contributed by atoms with Crippen molar-refractivity contribution >= 4 is 11.6 Å². The van der Waals surface area contributed by atoms with Gasteiger partial charge in [-0.1, -0.05) is 12.1 Å². The normalized spacial score (nSPS) is 23.8. The summed E-state index contributed by atoms with van der Waals surface area (Å²) in [6, 6.07) is 0. The van der Waals surface area contributed by atoms with Crippen LogP contribution < -0.4 is 0 Å².